The Morgan fingerprint density at radius 3 is 2.27 bits per heavy atom. The summed E-state index contributed by atoms with van der Waals surface area (Å²) in [5.41, 5.74) is 1.35. The van der Waals surface area contributed by atoms with Crippen molar-refractivity contribution in [1.29, 1.82) is 0 Å². The average molecular weight is 549 g/mol. The van der Waals surface area contributed by atoms with Gasteiger partial charge < -0.3 is 23.5 Å². The lowest BCUT2D eigenvalue weighted by Gasteiger charge is -2.17. The van der Waals surface area contributed by atoms with Gasteiger partial charge >= 0.3 is 5.97 Å². The van der Waals surface area contributed by atoms with Gasteiger partial charge in [-0.15, -0.1) is 0 Å². The maximum Gasteiger partial charge on any atom is 0.341 e. The second-order valence-electron chi connectivity index (χ2n) is 9.48. The second kappa shape index (κ2) is 11.6. The number of amides is 1. The Morgan fingerprint density at radius 2 is 1.70 bits per heavy atom. The number of nitrogens with zero attached hydrogens (tertiary/aromatic N) is 4. The Balaban J connectivity index is 2.13. The maximum atomic E-state index is 13.6. The number of ether oxygens (including phenoxy) is 4. The zero-order valence-electron chi connectivity index (χ0n) is 23.6. The molecule has 0 bridgehead atoms. The molecule has 1 amide bonds. The summed E-state index contributed by atoms with van der Waals surface area (Å²) in [6.45, 7) is 7.88. The number of aryl methyl sites for hydroxylation is 1. The molecule has 0 radical (unpaired) electrons. The van der Waals surface area contributed by atoms with Crippen LogP contribution in [-0.4, -0.2) is 53.8 Å². The molecule has 0 spiro atoms. The zero-order chi connectivity index (χ0) is 29.1. The van der Waals surface area contributed by atoms with Gasteiger partial charge in [0.2, 0.25) is 5.75 Å². The van der Waals surface area contributed by atoms with E-state index >= 15 is 0 Å². The molecule has 0 fully saturated rings. The molecule has 210 valence electrons. The first-order chi connectivity index (χ1) is 19.1. The van der Waals surface area contributed by atoms with Crippen molar-refractivity contribution >= 4 is 28.6 Å². The highest BCUT2D eigenvalue weighted by atomic mass is 16.5. The van der Waals surface area contributed by atoms with E-state index < -0.39 is 11.9 Å². The van der Waals surface area contributed by atoms with E-state index in [1.54, 1.807) is 23.8 Å². The molecule has 0 saturated heterocycles. The fraction of sp³-hybridized carbons (Fsp3) is 0.345. The molecule has 0 aliphatic rings. The van der Waals surface area contributed by atoms with E-state index in [2.05, 4.69) is 4.99 Å². The van der Waals surface area contributed by atoms with Crippen LogP contribution in [0.25, 0.3) is 16.7 Å². The lowest BCUT2D eigenvalue weighted by Crippen LogP contribution is -2.34. The van der Waals surface area contributed by atoms with Crippen LogP contribution in [0.2, 0.25) is 0 Å². The van der Waals surface area contributed by atoms with Gasteiger partial charge in [0.15, 0.2) is 17.0 Å². The van der Waals surface area contributed by atoms with Crippen LogP contribution in [0.15, 0.2) is 46.3 Å². The Kier molecular flexibility index (Phi) is 8.22. The van der Waals surface area contributed by atoms with E-state index in [9.17, 15) is 14.4 Å². The number of pyridine rings is 2. The third kappa shape index (κ3) is 5.14. The molecule has 0 aliphatic heterocycles. The standard InChI is InChI=1S/C29H32N4O7/c1-8-40-29(36)20-14-19-25(30-24-17(4)10-9-11-32(24)28(19)35)33(15-16(2)3)26(20)31-27(34)18-12-21(37-5)23(39-7)22(13-18)38-6/h9-14,16H,8,15H2,1-7H3. The minimum absolute atomic E-state index is 0.0257. The van der Waals surface area contributed by atoms with Crippen LogP contribution < -0.4 is 25.3 Å². The van der Waals surface area contributed by atoms with E-state index in [1.807, 2.05) is 26.8 Å². The molecular weight excluding hydrogens is 516 g/mol. The van der Waals surface area contributed by atoms with Crippen LogP contribution in [-0.2, 0) is 11.3 Å². The summed E-state index contributed by atoms with van der Waals surface area (Å²) in [6, 6.07) is 7.97. The summed E-state index contributed by atoms with van der Waals surface area (Å²) in [4.78, 5) is 49.6. The highest BCUT2D eigenvalue weighted by Gasteiger charge is 2.22. The molecule has 11 nitrogen and oxygen atoms in total. The van der Waals surface area contributed by atoms with Gasteiger partial charge in [-0.3, -0.25) is 14.0 Å². The van der Waals surface area contributed by atoms with E-state index in [1.165, 1.54) is 43.9 Å². The number of fused-ring (bicyclic) bond motifs is 2. The number of rotatable bonds is 8. The first-order valence-corrected chi connectivity index (χ1v) is 12.8. The van der Waals surface area contributed by atoms with Crippen LogP contribution in [0, 0.1) is 12.8 Å². The third-order valence-corrected chi connectivity index (χ3v) is 6.27. The normalized spacial score (nSPS) is 11.8. The van der Waals surface area contributed by atoms with Crippen LogP contribution in [0.4, 0.5) is 0 Å². The zero-order valence-corrected chi connectivity index (χ0v) is 23.6. The van der Waals surface area contributed by atoms with Crippen molar-refractivity contribution in [2.45, 2.75) is 34.2 Å². The molecule has 3 aromatic heterocycles. The lowest BCUT2D eigenvalue weighted by molar-refractivity contribution is 0.0523. The predicted octanol–water partition coefficient (Wildman–Crippen LogP) is 3.56. The summed E-state index contributed by atoms with van der Waals surface area (Å²) in [7, 11) is 4.35. The van der Waals surface area contributed by atoms with Crippen molar-refractivity contribution in [2.24, 2.45) is 10.9 Å². The molecule has 4 rings (SSSR count). The molecule has 0 aliphatic carbocycles. The number of carbonyl (C=O) groups excluding carboxylic acids is 2. The average Bonchev–Trinajstić information content (AvgIpc) is 2.93. The Bertz CT molecular complexity index is 1730. The summed E-state index contributed by atoms with van der Waals surface area (Å²) >= 11 is 0. The molecule has 1 aromatic carbocycles. The van der Waals surface area contributed by atoms with Gasteiger partial charge in [0.05, 0.1) is 33.3 Å². The lowest BCUT2D eigenvalue weighted by atomic mass is 10.1. The quantitative estimate of drug-likeness (QED) is 0.242. The molecular formula is C29H32N4O7. The van der Waals surface area contributed by atoms with Crippen molar-refractivity contribution < 1.29 is 28.5 Å². The third-order valence-electron chi connectivity index (χ3n) is 6.27. The monoisotopic (exact) mass is 548 g/mol. The van der Waals surface area contributed by atoms with E-state index in [-0.39, 0.29) is 51.6 Å². The molecule has 0 atom stereocenters. The largest absolute Gasteiger partial charge is 0.493 e. The minimum Gasteiger partial charge on any atom is -0.493 e. The number of esters is 1. The van der Waals surface area contributed by atoms with Gasteiger partial charge in [-0.1, -0.05) is 19.9 Å². The van der Waals surface area contributed by atoms with E-state index in [0.29, 0.717) is 23.6 Å². The molecule has 40 heavy (non-hydrogen) atoms. The van der Waals surface area contributed by atoms with Crippen molar-refractivity contribution in [3.8, 4) is 17.2 Å². The van der Waals surface area contributed by atoms with Crippen LogP contribution in [0.1, 0.15) is 47.1 Å². The van der Waals surface area contributed by atoms with E-state index in [0.717, 1.165) is 5.56 Å². The Hall–Kier alpha value is -4.67. The fourth-order valence-electron chi connectivity index (χ4n) is 4.47. The van der Waals surface area contributed by atoms with Crippen molar-refractivity contribution in [2.75, 3.05) is 27.9 Å². The smallest absolute Gasteiger partial charge is 0.341 e. The molecule has 0 saturated carbocycles. The number of aromatic nitrogens is 3. The second-order valence-corrected chi connectivity index (χ2v) is 9.48. The fourth-order valence-corrected chi connectivity index (χ4v) is 4.47. The SMILES string of the molecule is CCOC(=O)c1cc2c(=O)n3cccc(C)c3nc2n(CC(C)C)c1=NC(=O)c1cc(OC)c(OC)c(OC)c1. The summed E-state index contributed by atoms with van der Waals surface area (Å²) in [5.74, 6) is -0.468. The van der Waals surface area contributed by atoms with E-state index in [4.69, 9.17) is 23.9 Å². The summed E-state index contributed by atoms with van der Waals surface area (Å²) in [5, 5.41) is 0.200. The Morgan fingerprint density at radius 1 is 1.02 bits per heavy atom. The van der Waals surface area contributed by atoms with Crippen molar-refractivity contribution in [3.63, 3.8) is 0 Å². The molecule has 3 heterocycles. The summed E-state index contributed by atoms with van der Waals surface area (Å²) in [6.07, 6.45) is 1.63. The topological polar surface area (TPSA) is 123 Å². The number of hydrogen-bond acceptors (Lipinski definition) is 8. The van der Waals surface area contributed by atoms with Crippen molar-refractivity contribution in [1.82, 2.24) is 14.0 Å². The Labute approximate surface area is 230 Å². The number of benzene rings is 1. The van der Waals surface area contributed by atoms with Gasteiger partial charge in [-0.25, -0.2) is 9.78 Å². The van der Waals surface area contributed by atoms with Crippen LogP contribution in [0.3, 0.4) is 0 Å². The van der Waals surface area contributed by atoms with Gasteiger partial charge in [0.1, 0.15) is 16.9 Å². The molecule has 0 N–H and O–H groups in total. The number of carbonyl (C=O) groups is 2. The minimum atomic E-state index is -0.716. The predicted molar refractivity (Wildman–Crippen MR) is 148 cm³/mol. The highest BCUT2D eigenvalue weighted by molar-refractivity contribution is 5.98. The molecule has 11 heteroatoms. The van der Waals surface area contributed by atoms with Crippen LogP contribution >= 0.6 is 0 Å². The van der Waals surface area contributed by atoms with Gasteiger partial charge in [-0.2, -0.15) is 4.99 Å². The molecule has 0 unspecified atom stereocenters. The first-order valence-electron chi connectivity index (χ1n) is 12.8. The highest BCUT2D eigenvalue weighted by Crippen LogP contribution is 2.38. The van der Waals surface area contributed by atoms with Gasteiger partial charge in [0, 0.05) is 18.3 Å². The van der Waals surface area contributed by atoms with Gasteiger partial charge in [-0.05, 0) is 49.6 Å². The molecule has 4 aromatic rings. The van der Waals surface area contributed by atoms with Crippen LogP contribution in [0.5, 0.6) is 17.2 Å². The van der Waals surface area contributed by atoms with Crippen molar-refractivity contribution in [3.05, 3.63) is 69.1 Å². The van der Waals surface area contributed by atoms with Gasteiger partial charge in [0.25, 0.3) is 11.5 Å². The number of hydrogen-bond donors (Lipinski definition) is 0. The summed E-state index contributed by atoms with van der Waals surface area (Å²) < 4.78 is 24.5. The maximum absolute atomic E-state index is 13.6. The first kappa shape index (κ1) is 28.3. The number of methoxy groups -OCH3 is 3.